The van der Waals surface area contributed by atoms with Gasteiger partial charge in [0.1, 0.15) is 6.61 Å². The van der Waals surface area contributed by atoms with Crippen molar-refractivity contribution in [3.05, 3.63) is 59.7 Å². The van der Waals surface area contributed by atoms with Crippen molar-refractivity contribution >= 4 is 18.0 Å². The van der Waals surface area contributed by atoms with E-state index in [1.165, 1.54) is 22.3 Å². The number of benzene rings is 2. The fraction of sp³-hybridized carbons (Fsp3) is 0.444. The van der Waals surface area contributed by atoms with Gasteiger partial charge in [-0.1, -0.05) is 55.5 Å². The van der Waals surface area contributed by atoms with E-state index in [2.05, 4.69) is 34.9 Å². The third-order valence-electron chi connectivity index (χ3n) is 6.96. The Morgan fingerprint density at radius 1 is 1.03 bits per heavy atom. The number of aliphatic carboxylic acids is 1. The lowest BCUT2D eigenvalue weighted by Gasteiger charge is -2.18. The maximum absolute atomic E-state index is 12.5. The zero-order valence-electron chi connectivity index (χ0n) is 19.5. The molecule has 1 fully saturated rings. The first-order chi connectivity index (χ1) is 16.4. The van der Waals surface area contributed by atoms with Gasteiger partial charge in [-0.05, 0) is 53.9 Å². The molecule has 34 heavy (non-hydrogen) atoms. The van der Waals surface area contributed by atoms with Gasteiger partial charge >= 0.3 is 12.1 Å². The summed E-state index contributed by atoms with van der Waals surface area (Å²) in [6.07, 6.45) is 2.79. The number of ether oxygens (including phenoxy) is 1. The van der Waals surface area contributed by atoms with Gasteiger partial charge in [0.05, 0.1) is 6.42 Å². The first-order valence-corrected chi connectivity index (χ1v) is 12.1. The molecule has 0 bridgehead atoms. The summed E-state index contributed by atoms with van der Waals surface area (Å²) in [7, 11) is 0. The number of hydrogen-bond acceptors (Lipinski definition) is 4. The van der Waals surface area contributed by atoms with Crippen molar-refractivity contribution in [3.8, 4) is 11.1 Å². The highest BCUT2D eigenvalue weighted by Crippen LogP contribution is 2.44. The predicted octanol–water partition coefficient (Wildman–Crippen LogP) is 4.45. The Kier molecular flexibility index (Phi) is 7.50. The number of carboxylic acids is 1. The van der Waals surface area contributed by atoms with Crippen LogP contribution in [0.4, 0.5) is 4.79 Å². The molecule has 0 aromatic heterocycles. The molecule has 1 saturated carbocycles. The molecule has 0 heterocycles. The summed E-state index contributed by atoms with van der Waals surface area (Å²) < 4.78 is 5.64. The Labute approximate surface area is 199 Å². The average molecular weight is 465 g/mol. The van der Waals surface area contributed by atoms with Crippen molar-refractivity contribution in [3.63, 3.8) is 0 Å². The Bertz CT molecular complexity index is 1010. The second kappa shape index (κ2) is 10.7. The van der Waals surface area contributed by atoms with Crippen LogP contribution in [0.25, 0.3) is 11.1 Å². The van der Waals surface area contributed by atoms with Crippen LogP contribution in [0.5, 0.6) is 0 Å². The lowest BCUT2D eigenvalue weighted by molar-refractivity contribution is -0.137. The molecular weight excluding hydrogens is 432 g/mol. The van der Waals surface area contributed by atoms with Crippen LogP contribution in [0.1, 0.15) is 62.5 Å². The second-order valence-corrected chi connectivity index (χ2v) is 9.32. The van der Waals surface area contributed by atoms with E-state index in [-0.39, 0.29) is 42.9 Å². The minimum absolute atomic E-state index is 0.0190. The number of carbonyl (C=O) groups is 3. The molecule has 7 heteroatoms. The van der Waals surface area contributed by atoms with E-state index < -0.39 is 12.1 Å². The van der Waals surface area contributed by atoms with Gasteiger partial charge in [-0.15, -0.1) is 0 Å². The lowest BCUT2D eigenvalue weighted by Crippen LogP contribution is -2.37. The average Bonchev–Trinajstić information content (AvgIpc) is 3.38. The molecule has 2 aromatic rings. The van der Waals surface area contributed by atoms with Crippen molar-refractivity contribution in [1.29, 1.82) is 0 Å². The molecule has 3 N–H and O–H groups in total. The molecule has 2 aliphatic carbocycles. The Hall–Kier alpha value is -3.35. The fourth-order valence-electron chi connectivity index (χ4n) is 5.26. The smallest absolute Gasteiger partial charge is 0.407 e. The fourth-order valence-corrected chi connectivity index (χ4v) is 5.26. The summed E-state index contributed by atoms with van der Waals surface area (Å²) in [6.45, 7) is 2.14. The quantitative estimate of drug-likeness (QED) is 0.508. The third kappa shape index (κ3) is 5.58. The van der Waals surface area contributed by atoms with E-state index in [9.17, 15) is 14.4 Å². The highest BCUT2D eigenvalue weighted by atomic mass is 16.5. The van der Waals surface area contributed by atoms with E-state index in [1.54, 1.807) is 0 Å². The number of rotatable bonds is 9. The van der Waals surface area contributed by atoms with E-state index >= 15 is 0 Å². The molecule has 0 spiro atoms. The number of carboxylic acid groups (broad SMARTS) is 1. The number of hydrogen-bond donors (Lipinski definition) is 3. The first kappa shape index (κ1) is 23.8. The molecule has 0 aliphatic heterocycles. The number of fused-ring (bicyclic) bond motifs is 3. The van der Waals surface area contributed by atoms with Crippen LogP contribution >= 0.6 is 0 Å². The lowest BCUT2D eigenvalue weighted by atomic mass is 9.98. The predicted molar refractivity (Wildman–Crippen MR) is 128 cm³/mol. The van der Waals surface area contributed by atoms with Crippen LogP contribution in [-0.2, 0) is 14.3 Å². The highest BCUT2D eigenvalue weighted by Gasteiger charge is 2.31. The molecule has 3 atom stereocenters. The van der Waals surface area contributed by atoms with E-state index in [0.29, 0.717) is 19.3 Å². The summed E-state index contributed by atoms with van der Waals surface area (Å²) in [5.41, 5.74) is 4.74. The minimum atomic E-state index is -0.916. The topological polar surface area (TPSA) is 105 Å². The van der Waals surface area contributed by atoms with Crippen LogP contribution in [0.15, 0.2) is 48.5 Å². The molecule has 2 aliphatic rings. The molecule has 2 aromatic carbocycles. The van der Waals surface area contributed by atoms with Crippen LogP contribution in [-0.4, -0.2) is 41.8 Å². The van der Waals surface area contributed by atoms with Gasteiger partial charge in [0, 0.05) is 24.4 Å². The van der Waals surface area contributed by atoms with Crippen LogP contribution in [0.2, 0.25) is 0 Å². The SMILES string of the molecule is CC[C@H](CC(=O)O)NC(=O)C[C@@H]1CC[C@H](NC(=O)OCC2c3ccccc3-c3ccccc32)C1. The summed E-state index contributed by atoms with van der Waals surface area (Å²) in [5, 5.41) is 14.7. The summed E-state index contributed by atoms with van der Waals surface area (Å²) >= 11 is 0. The normalized spacial score (nSPS) is 19.7. The summed E-state index contributed by atoms with van der Waals surface area (Å²) in [5.74, 6) is -0.850. The Morgan fingerprint density at radius 2 is 1.68 bits per heavy atom. The zero-order valence-corrected chi connectivity index (χ0v) is 19.5. The van der Waals surface area contributed by atoms with Gasteiger partial charge in [-0.25, -0.2) is 4.79 Å². The van der Waals surface area contributed by atoms with Crippen molar-refractivity contribution in [2.75, 3.05) is 6.61 Å². The highest BCUT2D eigenvalue weighted by molar-refractivity contribution is 5.79. The summed E-state index contributed by atoms with van der Waals surface area (Å²) in [4.78, 5) is 35.7. The molecule has 7 nitrogen and oxygen atoms in total. The molecular formula is C27H32N2O5. The van der Waals surface area contributed by atoms with Crippen molar-refractivity contribution < 1.29 is 24.2 Å². The number of amides is 2. The Morgan fingerprint density at radius 3 is 2.29 bits per heavy atom. The molecule has 4 rings (SSSR count). The molecule has 0 saturated heterocycles. The number of nitrogens with one attached hydrogen (secondary N) is 2. The zero-order chi connectivity index (χ0) is 24.1. The summed E-state index contributed by atoms with van der Waals surface area (Å²) in [6, 6.07) is 16.1. The van der Waals surface area contributed by atoms with E-state index in [1.807, 2.05) is 31.2 Å². The number of alkyl carbamates (subject to hydrolysis) is 1. The third-order valence-corrected chi connectivity index (χ3v) is 6.96. The Balaban J connectivity index is 1.24. The van der Waals surface area contributed by atoms with Crippen molar-refractivity contribution in [2.24, 2.45) is 5.92 Å². The van der Waals surface area contributed by atoms with E-state index in [0.717, 1.165) is 12.8 Å². The van der Waals surface area contributed by atoms with Gasteiger partial charge in [-0.3, -0.25) is 9.59 Å². The number of carbonyl (C=O) groups excluding carboxylic acids is 2. The van der Waals surface area contributed by atoms with Gasteiger partial charge in [0.2, 0.25) is 5.91 Å². The largest absolute Gasteiger partial charge is 0.481 e. The van der Waals surface area contributed by atoms with Gasteiger partial charge < -0.3 is 20.5 Å². The molecule has 180 valence electrons. The molecule has 0 radical (unpaired) electrons. The first-order valence-electron chi connectivity index (χ1n) is 12.1. The van der Waals surface area contributed by atoms with Crippen LogP contribution in [0.3, 0.4) is 0 Å². The van der Waals surface area contributed by atoms with Crippen LogP contribution < -0.4 is 10.6 Å². The molecule has 2 amide bonds. The standard InChI is InChI=1S/C27H32N2O5/c1-2-18(15-26(31)32)28-25(30)14-17-11-12-19(13-17)29-27(33)34-16-24-22-9-5-3-7-20(22)21-8-4-6-10-23(21)24/h3-10,17-19,24H,2,11-16H2,1H3,(H,28,30)(H,29,33)(H,31,32)/t17-,18-,19+/m1/s1. The minimum Gasteiger partial charge on any atom is -0.481 e. The van der Waals surface area contributed by atoms with Crippen molar-refractivity contribution in [2.45, 2.75) is 63.5 Å². The van der Waals surface area contributed by atoms with Gasteiger partial charge in [0.25, 0.3) is 0 Å². The maximum Gasteiger partial charge on any atom is 0.407 e. The van der Waals surface area contributed by atoms with Gasteiger partial charge in [-0.2, -0.15) is 0 Å². The van der Waals surface area contributed by atoms with Gasteiger partial charge in [0.15, 0.2) is 0 Å². The monoisotopic (exact) mass is 464 g/mol. The maximum atomic E-state index is 12.5. The molecule has 0 unspecified atom stereocenters. The van der Waals surface area contributed by atoms with Crippen molar-refractivity contribution in [1.82, 2.24) is 10.6 Å². The second-order valence-electron chi connectivity index (χ2n) is 9.32. The van der Waals surface area contributed by atoms with E-state index in [4.69, 9.17) is 9.84 Å². The van der Waals surface area contributed by atoms with Crippen LogP contribution in [0, 0.1) is 5.92 Å².